The lowest BCUT2D eigenvalue weighted by Gasteiger charge is -2.15. The Bertz CT molecular complexity index is 1240. The summed E-state index contributed by atoms with van der Waals surface area (Å²) in [5.74, 6) is -0.946. The fraction of sp³-hybridized carbons (Fsp3) is 0.0556. The zero-order chi connectivity index (χ0) is 19.2. The van der Waals surface area contributed by atoms with Crippen LogP contribution >= 0.6 is 0 Å². The number of hydrogen-bond acceptors (Lipinski definition) is 3. The minimum absolute atomic E-state index is 0.146. The highest BCUT2D eigenvalue weighted by atomic mass is 19.4. The van der Waals surface area contributed by atoms with E-state index in [0.29, 0.717) is 11.0 Å². The Morgan fingerprint density at radius 2 is 1.78 bits per heavy atom. The van der Waals surface area contributed by atoms with Crippen molar-refractivity contribution in [2.24, 2.45) is 0 Å². The summed E-state index contributed by atoms with van der Waals surface area (Å²) in [5, 5.41) is 2.27. The summed E-state index contributed by atoms with van der Waals surface area (Å²) in [4.78, 5) is 32.8. The monoisotopic (exact) mass is 372 g/mol. The molecular weight excluding hydrogens is 361 g/mol. The fourth-order valence-corrected chi connectivity index (χ4v) is 2.93. The number of fused-ring (bicyclic) bond motifs is 2. The van der Waals surface area contributed by atoms with Gasteiger partial charge in [0, 0.05) is 17.3 Å². The number of benzene rings is 2. The smallest absolute Gasteiger partial charge is 0.322 e. The van der Waals surface area contributed by atoms with Gasteiger partial charge in [0.15, 0.2) is 0 Å². The number of nitrogens with zero attached hydrogens (tertiary/aromatic N) is 1. The van der Waals surface area contributed by atoms with E-state index in [-0.39, 0.29) is 16.6 Å². The van der Waals surface area contributed by atoms with Gasteiger partial charge in [-0.3, -0.25) is 9.78 Å². The summed E-state index contributed by atoms with van der Waals surface area (Å²) in [5.41, 5.74) is -0.722. The number of rotatable bonds is 2. The first-order valence-corrected chi connectivity index (χ1v) is 7.81. The highest BCUT2D eigenvalue weighted by Gasteiger charge is 2.37. The van der Waals surface area contributed by atoms with Crippen LogP contribution in [0.25, 0.3) is 21.9 Å². The number of alkyl halides is 3. The topological polar surface area (TPSA) is 90.6 Å². The molecule has 4 rings (SSSR count). The molecule has 0 aliphatic carbocycles. The molecule has 0 unspecified atom stereocenters. The van der Waals surface area contributed by atoms with Crippen LogP contribution in [0, 0.1) is 0 Å². The Labute approximate surface area is 149 Å². The third kappa shape index (κ3) is 3.03. The van der Waals surface area contributed by atoms with E-state index in [1.165, 1.54) is 36.4 Å². The number of pyridine rings is 1. The van der Waals surface area contributed by atoms with Crippen molar-refractivity contribution in [2.75, 3.05) is 5.32 Å². The van der Waals surface area contributed by atoms with Crippen LogP contribution in [0.5, 0.6) is 0 Å². The van der Waals surface area contributed by atoms with E-state index in [4.69, 9.17) is 0 Å². The largest absolute Gasteiger partial charge is 0.417 e. The molecule has 2 aromatic heterocycles. The fourth-order valence-electron chi connectivity index (χ4n) is 2.93. The van der Waals surface area contributed by atoms with Crippen LogP contribution in [-0.4, -0.2) is 20.9 Å². The van der Waals surface area contributed by atoms with E-state index in [1.807, 2.05) is 0 Å². The van der Waals surface area contributed by atoms with Gasteiger partial charge in [-0.25, -0.2) is 4.79 Å². The molecule has 0 aliphatic heterocycles. The molecule has 136 valence electrons. The number of halogens is 3. The number of nitrogens with one attached hydrogen (secondary N) is 3. The number of aromatic amines is 2. The van der Waals surface area contributed by atoms with Gasteiger partial charge in [-0.2, -0.15) is 13.2 Å². The molecule has 9 heteroatoms. The molecule has 4 aromatic rings. The molecule has 0 spiro atoms. The summed E-state index contributed by atoms with van der Waals surface area (Å²) in [6, 6.07) is 10.2. The summed E-state index contributed by atoms with van der Waals surface area (Å²) < 4.78 is 40.9. The normalized spacial score (nSPS) is 11.8. The predicted molar refractivity (Wildman–Crippen MR) is 93.6 cm³/mol. The summed E-state index contributed by atoms with van der Waals surface area (Å²) in [6.07, 6.45) is -3.82. The van der Waals surface area contributed by atoms with Crippen molar-refractivity contribution in [3.63, 3.8) is 0 Å². The molecule has 0 radical (unpaired) electrons. The van der Waals surface area contributed by atoms with Crippen molar-refractivity contribution >= 4 is 33.5 Å². The van der Waals surface area contributed by atoms with E-state index in [1.54, 1.807) is 6.07 Å². The average Bonchev–Trinajstić information content (AvgIpc) is 2.99. The second-order valence-electron chi connectivity index (χ2n) is 5.86. The third-order valence-corrected chi connectivity index (χ3v) is 4.08. The van der Waals surface area contributed by atoms with Crippen molar-refractivity contribution in [1.29, 1.82) is 0 Å². The number of hydrogen-bond donors (Lipinski definition) is 3. The number of anilines is 1. The lowest BCUT2D eigenvalue weighted by molar-refractivity contribution is -0.136. The van der Waals surface area contributed by atoms with Gasteiger partial charge >= 0.3 is 11.9 Å². The Kier molecular flexibility index (Phi) is 3.72. The summed E-state index contributed by atoms with van der Waals surface area (Å²) in [7, 11) is 0. The van der Waals surface area contributed by atoms with E-state index in [2.05, 4.69) is 20.3 Å². The van der Waals surface area contributed by atoms with E-state index in [0.717, 1.165) is 6.20 Å². The maximum absolute atomic E-state index is 13.6. The number of H-pyrrole nitrogens is 2. The maximum Gasteiger partial charge on any atom is 0.417 e. The summed E-state index contributed by atoms with van der Waals surface area (Å²) >= 11 is 0. The molecule has 3 N–H and O–H groups in total. The van der Waals surface area contributed by atoms with Gasteiger partial charge in [-0.05, 0) is 24.3 Å². The van der Waals surface area contributed by atoms with Crippen LogP contribution in [-0.2, 0) is 6.18 Å². The van der Waals surface area contributed by atoms with E-state index < -0.39 is 28.9 Å². The van der Waals surface area contributed by atoms with Crippen LogP contribution in [0.4, 0.5) is 18.9 Å². The van der Waals surface area contributed by atoms with Gasteiger partial charge in [0.05, 0.1) is 27.7 Å². The Balaban J connectivity index is 1.78. The van der Waals surface area contributed by atoms with Crippen molar-refractivity contribution < 1.29 is 18.0 Å². The molecule has 0 fully saturated rings. The molecule has 0 saturated carbocycles. The van der Waals surface area contributed by atoms with Gasteiger partial charge in [-0.1, -0.05) is 18.2 Å². The molecule has 2 heterocycles. The van der Waals surface area contributed by atoms with Crippen LogP contribution < -0.4 is 11.0 Å². The van der Waals surface area contributed by atoms with Crippen molar-refractivity contribution in [2.45, 2.75) is 6.18 Å². The van der Waals surface area contributed by atoms with Gasteiger partial charge in [0.25, 0.3) is 5.91 Å². The number of aromatic nitrogens is 3. The second-order valence-corrected chi connectivity index (χ2v) is 5.86. The highest BCUT2D eigenvalue weighted by Crippen LogP contribution is 2.37. The SMILES string of the molecule is O=C(Nc1ccc2[nH]c(=O)[nH]c2c1)c1cnc2ccccc2c1C(F)(F)F. The maximum atomic E-state index is 13.6. The van der Waals surface area contributed by atoms with Gasteiger partial charge < -0.3 is 15.3 Å². The first-order valence-electron chi connectivity index (χ1n) is 7.81. The molecule has 0 aliphatic rings. The quantitative estimate of drug-likeness (QED) is 0.501. The van der Waals surface area contributed by atoms with Crippen LogP contribution in [0.3, 0.4) is 0 Å². The van der Waals surface area contributed by atoms with Gasteiger partial charge in [-0.15, -0.1) is 0 Å². The Morgan fingerprint density at radius 3 is 2.56 bits per heavy atom. The first-order chi connectivity index (χ1) is 12.8. The highest BCUT2D eigenvalue weighted by molar-refractivity contribution is 6.08. The van der Waals surface area contributed by atoms with Crippen LogP contribution in [0.2, 0.25) is 0 Å². The van der Waals surface area contributed by atoms with Crippen molar-refractivity contribution in [3.05, 3.63) is 70.3 Å². The number of amides is 1. The summed E-state index contributed by atoms with van der Waals surface area (Å²) in [6.45, 7) is 0. The third-order valence-electron chi connectivity index (χ3n) is 4.08. The molecule has 0 atom stereocenters. The van der Waals surface area contributed by atoms with Crippen LogP contribution in [0.1, 0.15) is 15.9 Å². The van der Waals surface area contributed by atoms with E-state index >= 15 is 0 Å². The molecule has 27 heavy (non-hydrogen) atoms. The minimum atomic E-state index is -4.73. The zero-order valence-electron chi connectivity index (χ0n) is 13.5. The first kappa shape index (κ1) is 16.8. The molecule has 1 amide bonds. The lowest BCUT2D eigenvalue weighted by Crippen LogP contribution is -2.19. The standard InChI is InChI=1S/C18H11F3N4O2/c19-18(20,21)15-10-3-1-2-4-12(10)22-8-11(15)16(26)23-9-5-6-13-14(7-9)25-17(27)24-13/h1-8H,(H,23,26)(H2,24,25,27). The Hall–Kier alpha value is -3.62. The lowest BCUT2D eigenvalue weighted by atomic mass is 10.0. The number of carbonyl (C=O) groups excluding carboxylic acids is 1. The Morgan fingerprint density at radius 1 is 1.04 bits per heavy atom. The second kappa shape index (κ2) is 5.97. The van der Waals surface area contributed by atoms with Crippen molar-refractivity contribution in [1.82, 2.24) is 15.0 Å². The predicted octanol–water partition coefficient (Wildman–Crippen LogP) is 3.68. The van der Waals surface area contributed by atoms with Crippen molar-refractivity contribution in [3.8, 4) is 0 Å². The zero-order valence-corrected chi connectivity index (χ0v) is 13.5. The average molecular weight is 372 g/mol. The number of carbonyl (C=O) groups is 1. The molecule has 2 aromatic carbocycles. The van der Waals surface area contributed by atoms with E-state index in [9.17, 15) is 22.8 Å². The number of para-hydroxylation sites is 1. The van der Waals surface area contributed by atoms with Gasteiger partial charge in [0.2, 0.25) is 0 Å². The molecule has 6 nitrogen and oxygen atoms in total. The van der Waals surface area contributed by atoms with Crippen LogP contribution in [0.15, 0.2) is 53.5 Å². The van der Waals surface area contributed by atoms with Gasteiger partial charge in [0.1, 0.15) is 0 Å². The molecular formula is C18H11F3N4O2. The molecule has 0 saturated heterocycles. The number of imidazole rings is 1. The minimum Gasteiger partial charge on any atom is -0.322 e. The molecule has 0 bridgehead atoms.